The Hall–Kier alpha value is -5.76. The van der Waals surface area contributed by atoms with Gasteiger partial charge in [0.1, 0.15) is 32.8 Å². The molecule has 0 saturated heterocycles. The summed E-state index contributed by atoms with van der Waals surface area (Å²) >= 11 is 0. The summed E-state index contributed by atoms with van der Waals surface area (Å²) in [6.07, 6.45) is -16.4. The maximum absolute atomic E-state index is 15.5. The minimum Gasteiger partial charge on any atom is -0.497 e. The summed E-state index contributed by atoms with van der Waals surface area (Å²) in [7, 11) is 0. The Bertz CT molecular complexity index is 1930. The van der Waals surface area contributed by atoms with E-state index in [2.05, 4.69) is 78.7 Å². The second-order valence-electron chi connectivity index (χ2n) is 12.3. The second kappa shape index (κ2) is 30.2. The van der Waals surface area contributed by atoms with Gasteiger partial charge >= 0.3 is 47.9 Å². The van der Waals surface area contributed by atoms with E-state index in [9.17, 15) is 89.0 Å². The predicted molar refractivity (Wildman–Crippen MR) is 183 cm³/mol. The third kappa shape index (κ3) is 20.5. The van der Waals surface area contributed by atoms with E-state index in [1.54, 1.807) is 0 Å². The van der Waals surface area contributed by atoms with Crippen molar-refractivity contribution in [3.8, 4) is 0 Å². The van der Waals surface area contributed by atoms with Crippen molar-refractivity contribution >= 4 is 17.9 Å². The number of ether oxygens (including phenoxy) is 4. The third-order valence-corrected chi connectivity index (χ3v) is 7.17. The number of allylic oxidation sites excluding steroid dienone is 7. The second-order valence-corrected chi connectivity index (χ2v) is 12.3. The van der Waals surface area contributed by atoms with Crippen LogP contribution < -0.4 is 0 Å². The molecule has 0 heterocycles. The van der Waals surface area contributed by atoms with Crippen molar-refractivity contribution in [2.24, 2.45) is 5.41 Å². The van der Waals surface area contributed by atoms with Crippen molar-refractivity contribution in [2.75, 3.05) is 52.9 Å². The Morgan fingerprint density at radius 1 is 0.521 bits per heavy atom. The molecule has 17 nitrogen and oxygen atoms in total. The van der Waals surface area contributed by atoms with Crippen LogP contribution in [0.1, 0.15) is 12.8 Å². The highest BCUT2D eigenvalue weighted by atomic mass is 19.4. The molecule has 0 fully saturated rings. The molecule has 0 radical (unpaired) electrons. The van der Waals surface area contributed by atoms with E-state index in [1.807, 2.05) is 0 Å². The number of carbonyl (C=O) groups is 3. The topological polar surface area (TPSA) is 180 Å². The largest absolute Gasteiger partial charge is 0.497 e. The summed E-state index contributed by atoms with van der Waals surface area (Å²) in [5.41, 5.74) is -2.18. The van der Waals surface area contributed by atoms with Crippen LogP contribution in [0.25, 0.3) is 0 Å². The molecule has 2 atom stereocenters. The number of alkyl halides is 11. The molecular formula is C35H31F19O17. The molecular weight excluding hydrogens is 1050 g/mol. The molecule has 0 spiro atoms. The van der Waals surface area contributed by atoms with Gasteiger partial charge in [-0.05, 0) is 16.5 Å². The molecule has 0 bridgehead atoms. The van der Waals surface area contributed by atoms with E-state index in [0.29, 0.717) is 24.7 Å². The van der Waals surface area contributed by atoms with Crippen LogP contribution in [-0.2, 0) is 82.8 Å². The van der Waals surface area contributed by atoms with Gasteiger partial charge in [0.15, 0.2) is 29.6 Å². The molecule has 2 unspecified atom stereocenters. The highest BCUT2D eigenvalue weighted by Gasteiger charge is 2.79. The predicted octanol–water partition coefficient (Wildman–Crippen LogP) is 9.66. The summed E-state index contributed by atoms with van der Waals surface area (Å²) in [5.74, 6) is -57.6. The van der Waals surface area contributed by atoms with Gasteiger partial charge < -0.3 is 19.1 Å². The number of halogens is 19. The fourth-order valence-electron chi connectivity index (χ4n) is 3.75. The zero-order valence-electron chi connectivity index (χ0n) is 34.7. The number of rotatable bonds is 35. The van der Waals surface area contributed by atoms with Gasteiger partial charge in [0.25, 0.3) is 0 Å². The smallest absolute Gasteiger partial charge is 0.460 e. The van der Waals surface area contributed by atoms with Gasteiger partial charge in [0.05, 0.1) is 25.2 Å². The highest BCUT2D eigenvalue weighted by Crippen LogP contribution is 2.55. The maximum atomic E-state index is 15.5. The average Bonchev–Trinajstić information content (AvgIpc) is 3.32. The van der Waals surface area contributed by atoms with Crippen molar-refractivity contribution < 1.29 is 166 Å². The molecule has 0 amide bonds. The van der Waals surface area contributed by atoms with Crippen LogP contribution in [0.2, 0.25) is 0 Å². The number of hydrogen-bond acceptors (Lipinski definition) is 17. The van der Waals surface area contributed by atoms with Gasteiger partial charge in [-0.25, -0.2) is 68.1 Å². The molecule has 0 N–H and O–H groups in total. The van der Waals surface area contributed by atoms with E-state index in [4.69, 9.17) is 9.47 Å². The van der Waals surface area contributed by atoms with Gasteiger partial charge in [-0.2, -0.15) is 44.4 Å². The summed E-state index contributed by atoms with van der Waals surface area (Å²) in [5, 5.41) is 16.0. The maximum Gasteiger partial charge on any atom is 0.460 e. The summed E-state index contributed by atoms with van der Waals surface area (Å²) in [6, 6.07) is 0. The van der Waals surface area contributed by atoms with Gasteiger partial charge in [-0.3, -0.25) is 14.5 Å². The normalized spacial score (nSPS) is 15.8. The Kier molecular flexibility index (Phi) is 27.7. The summed E-state index contributed by atoms with van der Waals surface area (Å²) in [6.45, 7) is -0.203. The van der Waals surface area contributed by atoms with Crippen LogP contribution in [0.3, 0.4) is 0 Å². The molecule has 406 valence electrons. The van der Waals surface area contributed by atoms with E-state index in [-0.39, 0.29) is 6.61 Å². The van der Waals surface area contributed by atoms with E-state index >= 15 is 8.78 Å². The lowest BCUT2D eigenvalue weighted by molar-refractivity contribution is -0.629. The third-order valence-electron chi connectivity index (χ3n) is 7.17. The first-order valence-electron chi connectivity index (χ1n) is 17.8. The highest BCUT2D eigenvalue weighted by molar-refractivity contribution is 5.81. The van der Waals surface area contributed by atoms with Crippen molar-refractivity contribution in [2.45, 2.75) is 42.8 Å². The first kappa shape index (κ1) is 65.2. The van der Waals surface area contributed by atoms with E-state index in [0.717, 1.165) is 6.08 Å². The van der Waals surface area contributed by atoms with Crippen LogP contribution in [0.15, 0.2) is 97.1 Å². The number of hydrogen-bond donors (Lipinski definition) is 0. The summed E-state index contributed by atoms with van der Waals surface area (Å²) < 4.78 is 283. The fraction of sp³-hybridized carbons (Fsp3) is 0.457. The molecule has 71 heavy (non-hydrogen) atoms. The lowest BCUT2D eigenvalue weighted by Gasteiger charge is -2.39. The molecule has 0 aliphatic heterocycles. The van der Waals surface area contributed by atoms with Crippen molar-refractivity contribution in [3.05, 3.63) is 97.1 Å². The monoisotopic (exact) mass is 1080 g/mol. The summed E-state index contributed by atoms with van der Waals surface area (Å²) in [4.78, 5) is 59.6. The lowest BCUT2D eigenvalue weighted by atomic mass is 9.92. The minimum atomic E-state index is -8.01. The SMILES string of the molecule is C=CC(=O)OCCOO/C=C\OCC(COCCCC(F)(OC(F)(/C(F)=C(F)/C(F)=C(F)/C(F)=C(F)/C(F)=C(\F)CF)C(F)(F)C(F)(F)F)C(F)(F)F)(COOOOC(=O)C=C)COOOOC(=O)C=C. The molecule has 0 saturated carbocycles. The van der Waals surface area contributed by atoms with E-state index < -0.39 is 159 Å². The van der Waals surface area contributed by atoms with Crippen molar-refractivity contribution in [3.63, 3.8) is 0 Å². The van der Waals surface area contributed by atoms with E-state index in [1.165, 1.54) is 0 Å². The number of carbonyl (C=O) groups excluding carboxylic acids is 3. The zero-order chi connectivity index (χ0) is 54.9. The van der Waals surface area contributed by atoms with Crippen LogP contribution in [0.4, 0.5) is 83.4 Å². The van der Waals surface area contributed by atoms with Crippen LogP contribution in [0.5, 0.6) is 0 Å². The molecule has 36 heteroatoms. The zero-order valence-corrected chi connectivity index (χ0v) is 34.7. The quantitative estimate of drug-likeness (QED) is 0.00854. The standard InChI is InChI=1S/C35H31F19O17/c1-4-20(55)60-11-13-62-61-12-10-59-16-30(17-63-68-70-65-21(56)5-2,18-64-69-71-66-22(57)6-3)15-58-9-7-8-31(45,34(49,50)51)67-32(46,33(47,48)35(52,53)54)29(44)28(43)27(42)26(41)25(40)24(39)23(38)19(37)14-36/h4-6,10,12H,1-3,7-9,11,13-18H2/b12-10-,23-19+,25-24+,27-26+,29-28+. The molecule has 0 rings (SSSR count). The molecule has 0 aliphatic carbocycles. The van der Waals surface area contributed by atoms with Gasteiger partial charge in [0, 0.05) is 41.3 Å². The number of esters is 1. The minimum absolute atomic E-state index is 0.372. The average molecular weight is 1080 g/mol. The van der Waals surface area contributed by atoms with Crippen LogP contribution in [-0.4, -0.2) is 101 Å². The van der Waals surface area contributed by atoms with Crippen LogP contribution in [0, 0.1) is 5.41 Å². The Morgan fingerprint density at radius 2 is 1.01 bits per heavy atom. The van der Waals surface area contributed by atoms with Crippen molar-refractivity contribution in [1.82, 2.24) is 0 Å². The molecule has 0 aromatic rings. The molecule has 0 aromatic carbocycles. The van der Waals surface area contributed by atoms with Gasteiger partial charge in [0.2, 0.25) is 23.3 Å². The lowest BCUT2D eigenvalue weighted by Crippen LogP contribution is -2.61. The first-order valence-corrected chi connectivity index (χ1v) is 17.8. The van der Waals surface area contributed by atoms with Gasteiger partial charge in [-0.1, -0.05) is 19.7 Å². The Labute approximate surface area is 382 Å². The van der Waals surface area contributed by atoms with Crippen molar-refractivity contribution in [1.29, 1.82) is 0 Å². The molecule has 0 aromatic heterocycles. The van der Waals surface area contributed by atoms with Crippen LogP contribution >= 0.6 is 0 Å². The van der Waals surface area contributed by atoms with Gasteiger partial charge in [-0.15, -0.1) is 0 Å². The fourth-order valence-corrected chi connectivity index (χ4v) is 3.75. The Morgan fingerprint density at radius 3 is 1.48 bits per heavy atom. The Balaban J connectivity index is 6.96. The molecule has 0 aliphatic rings. The first-order chi connectivity index (χ1) is 32.9.